The molecule has 0 saturated heterocycles. The topological polar surface area (TPSA) is 102 Å². The summed E-state index contributed by atoms with van der Waals surface area (Å²) < 4.78 is 0. The highest BCUT2D eigenvalue weighted by atomic mass is 32.2. The van der Waals surface area contributed by atoms with Crippen molar-refractivity contribution in [1.82, 2.24) is 24.9 Å². The van der Waals surface area contributed by atoms with E-state index in [-0.39, 0.29) is 16.6 Å². The van der Waals surface area contributed by atoms with Gasteiger partial charge in [-0.2, -0.15) is 0 Å². The Bertz CT molecular complexity index is 1630. The van der Waals surface area contributed by atoms with Crippen LogP contribution in [-0.2, 0) is 0 Å². The monoisotopic (exact) mass is 650 g/mol. The normalized spacial score (nSPS) is 19.7. The summed E-state index contributed by atoms with van der Waals surface area (Å²) >= 11 is 5.25. The van der Waals surface area contributed by atoms with Crippen molar-refractivity contribution in [2.45, 2.75) is 58.2 Å². The van der Waals surface area contributed by atoms with Crippen LogP contribution in [0.15, 0.2) is 76.0 Å². The van der Waals surface area contributed by atoms with Crippen molar-refractivity contribution in [3.05, 3.63) is 78.1 Å². The van der Waals surface area contributed by atoms with Crippen molar-refractivity contribution >= 4 is 50.4 Å². The summed E-state index contributed by atoms with van der Waals surface area (Å²) in [4.78, 5) is 38.8. The van der Waals surface area contributed by atoms with Gasteiger partial charge in [-0.05, 0) is 84.0 Å². The lowest BCUT2D eigenvalue weighted by Gasteiger charge is -2.11. The van der Waals surface area contributed by atoms with Gasteiger partial charge in [-0.25, -0.2) is 9.97 Å². The van der Waals surface area contributed by atoms with Crippen molar-refractivity contribution < 1.29 is 0 Å². The van der Waals surface area contributed by atoms with Gasteiger partial charge < -0.3 is 0 Å². The Kier molecular flexibility index (Phi) is 7.69. The van der Waals surface area contributed by atoms with Crippen molar-refractivity contribution in [2.75, 3.05) is 17.3 Å². The standard InChI is InChI=1S/C34H34N8S3/c1-32(2)17-43-29(40-32)23-10-7-20(14-35-23)26-13-27(21-8-11-24(36-15-21)30-41-33(3,4)18-44-30)39-28(38-26)22-9-12-25(37-16-22)31-42-34(5,6)19-45-31/h7-16H,17-19H2,1-6H3. The Labute approximate surface area is 276 Å². The molecule has 45 heavy (non-hydrogen) atoms. The van der Waals surface area contributed by atoms with Gasteiger partial charge in [-0.1, -0.05) is 0 Å². The molecule has 11 heteroatoms. The zero-order valence-electron chi connectivity index (χ0n) is 26.2. The highest BCUT2D eigenvalue weighted by Crippen LogP contribution is 2.34. The van der Waals surface area contributed by atoms with E-state index in [1.807, 2.05) is 48.9 Å². The van der Waals surface area contributed by atoms with E-state index >= 15 is 0 Å². The molecule has 8 nitrogen and oxygen atoms in total. The van der Waals surface area contributed by atoms with Crippen molar-refractivity contribution in [2.24, 2.45) is 15.0 Å². The first-order valence-electron chi connectivity index (χ1n) is 14.9. The minimum atomic E-state index is -0.0711. The molecular formula is C34H34N8S3. The van der Waals surface area contributed by atoms with E-state index in [4.69, 9.17) is 39.9 Å². The zero-order chi connectivity index (χ0) is 31.4. The summed E-state index contributed by atoms with van der Waals surface area (Å²) in [5.74, 6) is 3.45. The summed E-state index contributed by atoms with van der Waals surface area (Å²) in [7, 11) is 0. The second kappa shape index (κ2) is 11.4. The molecule has 0 saturated carbocycles. The molecule has 0 radical (unpaired) electrons. The largest absolute Gasteiger partial charge is 0.269 e. The summed E-state index contributed by atoms with van der Waals surface area (Å²) in [5, 5.41) is 2.94. The van der Waals surface area contributed by atoms with E-state index in [1.165, 1.54) is 0 Å². The van der Waals surface area contributed by atoms with Crippen LogP contribution in [0.4, 0.5) is 0 Å². The van der Waals surface area contributed by atoms with E-state index in [0.717, 1.165) is 77.5 Å². The van der Waals surface area contributed by atoms with Crippen molar-refractivity contribution in [3.8, 4) is 33.9 Å². The minimum Gasteiger partial charge on any atom is -0.269 e. The fourth-order valence-corrected chi connectivity index (χ4v) is 8.42. The van der Waals surface area contributed by atoms with E-state index < -0.39 is 0 Å². The molecular weight excluding hydrogens is 617 g/mol. The van der Waals surface area contributed by atoms with Gasteiger partial charge in [0.1, 0.15) is 15.1 Å². The Morgan fingerprint density at radius 1 is 0.467 bits per heavy atom. The number of rotatable bonds is 6. The van der Waals surface area contributed by atoms with Crippen LogP contribution in [0.2, 0.25) is 0 Å². The fraction of sp³-hybridized carbons (Fsp3) is 0.353. The van der Waals surface area contributed by atoms with Crippen LogP contribution < -0.4 is 0 Å². The number of hydrogen-bond acceptors (Lipinski definition) is 11. The maximum Gasteiger partial charge on any atom is 0.161 e. The predicted octanol–water partition coefficient (Wildman–Crippen LogP) is 7.48. The van der Waals surface area contributed by atoms with Gasteiger partial charge in [0.25, 0.3) is 0 Å². The van der Waals surface area contributed by atoms with Crippen molar-refractivity contribution in [3.63, 3.8) is 0 Å². The lowest BCUT2D eigenvalue weighted by Crippen LogP contribution is -2.15. The second-order valence-electron chi connectivity index (χ2n) is 13.3. The quantitative estimate of drug-likeness (QED) is 0.212. The van der Waals surface area contributed by atoms with Crippen LogP contribution >= 0.6 is 35.3 Å². The third-order valence-electron chi connectivity index (χ3n) is 7.42. The Hall–Kier alpha value is -3.41. The minimum absolute atomic E-state index is 0.0670. The molecule has 228 valence electrons. The Morgan fingerprint density at radius 2 is 0.822 bits per heavy atom. The van der Waals surface area contributed by atoms with E-state index in [9.17, 15) is 0 Å². The molecule has 0 atom stereocenters. The summed E-state index contributed by atoms with van der Waals surface area (Å²) in [6, 6.07) is 14.2. The molecule has 4 aromatic rings. The van der Waals surface area contributed by atoms with E-state index in [0.29, 0.717) is 5.82 Å². The number of nitrogens with zero attached hydrogens (tertiary/aromatic N) is 8. The van der Waals surface area contributed by atoms with Gasteiger partial charge in [-0.3, -0.25) is 29.9 Å². The van der Waals surface area contributed by atoms with Gasteiger partial charge in [0.2, 0.25) is 0 Å². The molecule has 4 aromatic heterocycles. The van der Waals surface area contributed by atoms with Crippen LogP contribution in [0.5, 0.6) is 0 Å². The summed E-state index contributed by atoms with van der Waals surface area (Å²) in [6.07, 6.45) is 5.58. The predicted molar refractivity (Wildman–Crippen MR) is 191 cm³/mol. The molecule has 0 fully saturated rings. The molecule has 3 aliphatic heterocycles. The van der Waals surface area contributed by atoms with Crippen LogP contribution in [0, 0.1) is 0 Å². The highest BCUT2D eigenvalue weighted by Gasteiger charge is 2.29. The molecule has 0 N–H and O–H groups in total. The van der Waals surface area contributed by atoms with Gasteiger partial charge in [0, 0.05) is 52.5 Å². The highest BCUT2D eigenvalue weighted by molar-refractivity contribution is 8.15. The molecule has 0 aliphatic carbocycles. The molecule has 0 amide bonds. The first-order chi connectivity index (χ1) is 21.4. The first-order valence-corrected chi connectivity index (χ1v) is 17.9. The number of aliphatic imine (C=N–C) groups is 3. The average Bonchev–Trinajstić information content (AvgIpc) is 3.71. The molecule has 0 spiro atoms. The van der Waals surface area contributed by atoms with Crippen LogP contribution in [0.1, 0.15) is 58.6 Å². The number of aromatic nitrogens is 5. The zero-order valence-corrected chi connectivity index (χ0v) is 28.6. The SMILES string of the molecule is CC1(C)CSC(c2ccc(-c3cc(-c4ccc(C5=NC(C)(C)CS5)nc4)nc(-c4ccc(C5=NC(C)(C)CS5)nc4)n3)cn2)=N1. The number of thioether (sulfide) groups is 3. The van der Waals surface area contributed by atoms with Gasteiger partial charge in [-0.15, -0.1) is 35.3 Å². The number of pyridine rings is 3. The maximum absolute atomic E-state index is 4.99. The van der Waals surface area contributed by atoms with E-state index in [2.05, 4.69) is 53.7 Å². The molecule has 7 rings (SSSR count). The second-order valence-corrected chi connectivity index (χ2v) is 16.2. The molecule has 7 heterocycles. The fourth-order valence-electron chi connectivity index (χ4n) is 5.02. The molecule has 0 bridgehead atoms. The third-order valence-corrected chi connectivity index (χ3v) is 11.7. The average molecular weight is 651 g/mol. The Morgan fingerprint density at radius 3 is 1.11 bits per heavy atom. The molecule has 0 aromatic carbocycles. The van der Waals surface area contributed by atoms with Crippen LogP contribution in [0.3, 0.4) is 0 Å². The molecule has 0 unspecified atom stereocenters. The smallest absolute Gasteiger partial charge is 0.161 e. The van der Waals surface area contributed by atoms with Crippen molar-refractivity contribution in [1.29, 1.82) is 0 Å². The lowest BCUT2D eigenvalue weighted by molar-refractivity contribution is 0.604. The summed E-state index contributed by atoms with van der Waals surface area (Å²) in [6.45, 7) is 12.9. The Balaban J connectivity index is 1.25. The van der Waals surface area contributed by atoms with Crippen LogP contribution in [-0.4, -0.2) is 73.9 Å². The lowest BCUT2D eigenvalue weighted by atomic mass is 10.1. The van der Waals surface area contributed by atoms with Gasteiger partial charge >= 0.3 is 0 Å². The first kappa shape index (κ1) is 30.3. The van der Waals surface area contributed by atoms with E-state index in [1.54, 1.807) is 35.3 Å². The van der Waals surface area contributed by atoms with Crippen LogP contribution in [0.25, 0.3) is 33.9 Å². The third kappa shape index (κ3) is 6.62. The van der Waals surface area contributed by atoms with Gasteiger partial charge in [0.15, 0.2) is 5.82 Å². The number of hydrogen-bond donors (Lipinski definition) is 0. The summed E-state index contributed by atoms with van der Waals surface area (Å²) in [5.41, 5.74) is 6.62. The molecule has 3 aliphatic rings. The maximum atomic E-state index is 4.99. The van der Waals surface area contributed by atoms with Gasteiger partial charge in [0.05, 0.1) is 45.1 Å².